The molecule has 50 valence electrons. The Hall–Kier alpha value is -0.630. The van der Waals surface area contributed by atoms with Gasteiger partial charge in [0.05, 0.1) is 17.3 Å². The Morgan fingerprint density at radius 1 is 1.70 bits per heavy atom. The molecule has 0 saturated carbocycles. The van der Waals surface area contributed by atoms with Crippen molar-refractivity contribution in [2.45, 2.75) is 4.43 Å². The van der Waals surface area contributed by atoms with Crippen LogP contribution in [0.4, 0.5) is 0 Å². The first kappa shape index (κ1) is 7.48. The molecule has 1 rings (SSSR count). The molecule has 1 aromatic rings. The van der Waals surface area contributed by atoms with E-state index in [0.29, 0.717) is 5.56 Å². The SMILES string of the molecule is N#Cc1ccnc(CI)c1. The summed E-state index contributed by atoms with van der Waals surface area (Å²) in [4.78, 5) is 4.05. The van der Waals surface area contributed by atoms with E-state index in [-0.39, 0.29) is 0 Å². The van der Waals surface area contributed by atoms with Crippen LogP contribution in [0.3, 0.4) is 0 Å². The van der Waals surface area contributed by atoms with E-state index in [9.17, 15) is 0 Å². The lowest BCUT2D eigenvalue weighted by Gasteiger charge is -1.91. The predicted octanol–water partition coefficient (Wildman–Crippen LogP) is 1.89. The van der Waals surface area contributed by atoms with Gasteiger partial charge >= 0.3 is 0 Å². The van der Waals surface area contributed by atoms with Crippen LogP contribution in [0.25, 0.3) is 0 Å². The van der Waals surface area contributed by atoms with Crippen LogP contribution in [-0.2, 0) is 4.43 Å². The van der Waals surface area contributed by atoms with E-state index in [0.717, 1.165) is 10.1 Å². The fourth-order valence-electron chi connectivity index (χ4n) is 0.621. The highest BCUT2D eigenvalue weighted by molar-refractivity contribution is 14.1. The Labute approximate surface area is 73.0 Å². The van der Waals surface area contributed by atoms with Crippen molar-refractivity contribution >= 4 is 22.6 Å². The summed E-state index contributed by atoms with van der Waals surface area (Å²) < 4.78 is 0.854. The lowest BCUT2D eigenvalue weighted by Crippen LogP contribution is -1.84. The average Bonchev–Trinajstić information content (AvgIpc) is 2.05. The smallest absolute Gasteiger partial charge is 0.0992 e. The fraction of sp³-hybridized carbons (Fsp3) is 0.143. The van der Waals surface area contributed by atoms with Gasteiger partial charge in [-0.15, -0.1) is 0 Å². The molecule has 0 saturated heterocycles. The zero-order valence-corrected chi connectivity index (χ0v) is 7.37. The quantitative estimate of drug-likeness (QED) is 0.558. The second-order valence-corrected chi connectivity index (χ2v) is 2.54. The Balaban J connectivity index is 3.01. The van der Waals surface area contributed by atoms with E-state index >= 15 is 0 Å². The molecule has 0 amide bonds. The molecule has 0 aromatic carbocycles. The first-order chi connectivity index (χ1) is 4.86. The molecule has 0 aliphatic carbocycles. The van der Waals surface area contributed by atoms with Crippen LogP contribution in [0.15, 0.2) is 18.3 Å². The van der Waals surface area contributed by atoms with Crippen molar-refractivity contribution in [1.82, 2.24) is 4.98 Å². The standard InChI is InChI=1S/C7H5IN2/c8-4-7-3-6(5-9)1-2-10-7/h1-3H,4H2. The van der Waals surface area contributed by atoms with Crippen molar-refractivity contribution < 1.29 is 0 Å². The highest BCUT2D eigenvalue weighted by Gasteiger charge is 1.92. The minimum absolute atomic E-state index is 0.682. The van der Waals surface area contributed by atoms with Crippen molar-refractivity contribution in [3.63, 3.8) is 0 Å². The van der Waals surface area contributed by atoms with Crippen LogP contribution in [0, 0.1) is 11.3 Å². The minimum Gasteiger partial charge on any atom is -0.260 e. The van der Waals surface area contributed by atoms with Crippen molar-refractivity contribution in [2.24, 2.45) is 0 Å². The Morgan fingerprint density at radius 3 is 3.10 bits per heavy atom. The van der Waals surface area contributed by atoms with Crippen molar-refractivity contribution in [2.75, 3.05) is 0 Å². The summed E-state index contributed by atoms with van der Waals surface area (Å²) in [6.45, 7) is 0. The first-order valence-corrected chi connectivity index (χ1v) is 4.30. The van der Waals surface area contributed by atoms with Crippen molar-refractivity contribution in [1.29, 1.82) is 5.26 Å². The number of hydrogen-bond acceptors (Lipinski definition) is 2. The van der Waals surface area contributed by atoms with E-state index < -0.39 is 0 Å². The van der Waals surface area contributed by atoms with Crippen LogP contribution in [0.2, 0.25) is 0 Å². The van der Waals surface area contributed by atoms with Crippen LogP contribution in [0.1, 0.15) is 11.3 Å². The predicted molar refractivity (Wildman–Crippen MR) is 46.7 cm³/mol. The molecule has 0 aliphatic rings. The van der Waals surface area contributed by atoms with Gasteiger partial charge in [-0.1, -0.05) is 22.6 Å². The number of hydrogen-bond donors (Lipinski definition) is 0. The van der Waals surface area contributed by atoms with Crippen LogP contribution in [0.5, 0.6) is 0 Å². The van der Waals surface area contributed by atoms with Crippen LogP contribution < -0.4 is 0 Å². The van der Waals surface area contributed by atoms with Gasteiger partial charge in [-0.3, -0.25) is 4.98 Å². The number of nitriles is 1. The summed E-state index contributed by atoms with van der Waals surface area (Å²) in [5, 5.41) is 8.48. The van der Waals surface area contributed by atoms with Gasteiger partial charge in [-0.05, 0) is 12.1 Å². The summed E-state index contributed by atoms with van der Waals surface area (Å²) in [6, 6.07) is 5.56. The van der Waals surface area contributed by atoms with Crippen molar-refractivity contribution in [3.8, 4) is 6.07 Å². The third-order valence-electron chi connectivity index (χ3n) is 1.08. The van der Waals surface area contributed by atoms with Crippen LogP contribution >= 0.6 is 22.6 Å². The van der Waals surface area contributed by atoms with Gasteiger partial charge in [-0.25, -0.2) is 0 Å². The number of alkyl halides is 1. The molecule has 0 radical (unpaired) electrons. The highest BCUT2D eigenvalue weighted by Crippen LogP contribution is 2.03. The van der Waals surface area contributed by atoms with E-state index in [2.05, 4.69) is 33.6 Å². The summed E-state index contributed by atoms with van der Waals surface area (Å²) in [6.07, 6.45) is 1.66. The second-order valence-electron chi connectivity index (χ2n) is 1.78. The van der Waals surface area contributed by atoms with Gasteiger partial charge < -0.3 is 0 Å². The number of halogens is 1. The maximum atomic E-state index is 8.48. The molecule has 2 nitrogen and oxygen atoms in total. The molecule has 0 atom stereocenters. The molecule has 0 N–H and O–H groups in total. The lowest BCUT2D eigenvalue weighted by atomic mass is 10.2. The fourth-order valence-corrected chi connectivity index (χ4v) is 1.04. The monoisotopic (exact) mass is 244 g/mol. The third kappa shape index (κ3) is 1.67. The molecule has 1 heterocycles. The molecule has 0 aliphatic heterocycles. The highest BCUT2D eigenvalue weighted by atomic mass is 127. The first-order valence-electron chi connectivity index (χ1n) is 2.78. The normalized spacial score (nSPS) is 8.80. The van der Waals surface area contributed by atoms with Gasteiger partial charge in [0.1, 0.15) is 0 Å². The maximum Gasteiger partial charge on any atom is 0.0992 e. The largest absolute Gasteiger partial charge is 0.260 e. The molecule has 0 spiro atoms. The zero-order valence-electron chi connectivity index (χ0n) is 5.21. The van der Waals surface area contributed by atoms with Gasteiger partial charge in [-0.2, -0.15) is 5.26 Å². The Bertz CT molecular complexity index is 265. The minimum atomic E-state index is 0.682. The Kier molecular flexibility index (Phi) is 2.63. The molecule has 1 aromatic heterocycles. The third-order valence-corrected chi connectivity index (χ3v) is 1.86. The number of rotatable bonds is 1. The maximum absolute atomic E-state index is 8.48. The topological polar surface area (TPSA) is 36.7 Å². The average molecular weight is 244 g/mol. The Morgan fingerprint density at radius 2 is 2.50 bits per heavy atom. The zero-order chi connectivity index (χ0) is 7.40. The molecule has 3 heteroatoms. The van der Waals surface area contributed by atoms with E-state index in [1.54, 1.807) is 18.3 Å². The molecule has 0 unspecified atom stereocenters. The molecule has 0 bridgehead atoms. The van der Waals surface area contributed by atoms with E-state index in [1.807, 2.05) is 0 Å². The summed E-state index contributed by atoms with van der Waals surface area (Å²) in [7, 11) is 0. The summed E-state index contributed by atoms with van der Waals surface area (Å²) >= 11 is 2.21. The molecular formula is C7H5IN2. The lowest BCUT2D eigenvalue weighted by molar-refractivity contribution is 1.18. The molecule has 10 heavy (non-hydrogen) atoms. The van der Waals surface area contributed by atoms with Gasteiger partial charge in [0, 0.05) is 10.6 Å². The van der Waals surface area contributed by atoms with Crippen molar-refractivity contribution in [3.05, 3.63) is 29.6 Å². The van der Waals surface area contributed by atoms with E-state index in [1.165, 1.54) is 0 Å². The number of pyridine rings is 1. The van der Waals surface area contributed by atoms with Crippen LogP contribution in [-0.4, -0.2) is 4.98 Å². The van der Waals surface area contributed by atoms with Gasteiger partial charge in [0.2, 0.25) is 0 Å². The summed E-state index contributed by atoms with van der Waals surface area (Å²) in [5.74, 6) is 0. The van der Waals surface area contributed by atoms with Gasteiger partial charge in [0.25, 0.3) is 0 Å². The summed E-state index contributed by atoms with van der Waals surface area (Å²) in [5.41, 5.74) is 1.64. The number of aromatic nitrogens is 1. The molecule has 0 fully saturated rings. The van der Waals surface area contributed by atoms with Gasteiger partial charge in [0.15, 0.2) is 0 Å². The second kappa shape index (κ2) is 3.52. The van der Waals surface area contributed by atoms with E-state index in [4.69, 9.17) is 5.26 Å². The number of nitrogens with zero attached hydrogens (tertiary/aromatic N) is 2. The molecular weight excluding hydrogens is 239 g/mol.